The van der Waals surface area contributed by atoms with E-state index in [0.29, 0.717) is 12.5 Å². The largest absolute Gasteiger partial charge is 0.271 e. The molecule has 0 heterocycles. The summed E-state index contributed by atoms with van der Waals surface area (Å²) in [6, 6.07) is 9.14. The average molecular weight is 284 g/mol. The Labute approximate surface area is 117 Å². The lowest BCUT2D eigenvalue weighted by Crippen LogP contribution is -2.15. The van der Waals surface area contributed by atoms with Gasteiger partial charge in [0.25, 0.3) is 10.1 Å². The standard InChI is InChI=1S/C15H24O3S/c1-3-5-9-14(4-2)12-18-19(16,17)13-15-10-7-6-8-11-15/h6-8,10-11,14H,3-5,9,12-13H2,1-2H3. The van der Waals surface area contributed by atoms with Crippen LogP contribution in [0.1, 0.15) is 45.1 Å². The minimum atomic E-state index is -3.46. The monoisotopic (exact) mass is 284 g/mol. The van der Waals surface area contributed by atoms with E-state index in [-0.39, 0.29) is 5.75 Å². The third-order valence-corrected chi connectivity index (χ3v) is 4.39. The molecular weight excluding hydrogens is 260 g/mol. The van der Waals surface area contributed by atoms with Crippen molar-refractivity contribution in [2.75, 3.05) is 6.61 Å². The summed E-state index contributed by atoms with van der Waals surface area (Å²) in [5.74, 6) is 0.295. The molecular formula is C15H24O3S. The lowest BCUT2D eigenvalue weighted by molar-refractivity contribution is 0.238. The number of hydrogen-bond donors (Lipinski definition) is 0. The molecule has 1 unspecified atom stereocenters. The highest BCUT2D eigenvalue weighted by atomic mass is 32.2. The van der Waals surface area contributed by atoms with Gasteiger partial charge in [0, 0.05) is 0 Å². The van der Waals surface area contributed by atoms with Crippen molar-refractivity contribution in [2.45, 2.75) is 45.3 Å². The molecule has 1 rings (SSSR count). The molecule has 3 nitrogen and oxygen atoms in total. The molecule has 0 saturated carbocycles. The lowest BCUT2D eigenvalue weighted by Gasteiger charge is -2.14. The minimum Gasteiger partial charge on any atom is -0.270 e. The van der Waals surface area contributed by atoms with Crippen molar-refractivity contribution in [3.63, 3.8) is 0 Å². The number of unbranched alkanes of at least 4 members (excludes halogenated alkanes) is 1. The Morgan fingerprint density at radius 1 is 1.16 bits per heavy atom. The SMILES string of the molecule is CCCCC(CC)COS(=O)(=O)Cc1ccccc1. The van der Waals surface area contributed by atoms with Gasteiger partial charge < -0.3 is 0 Å². The van der Waals surface area contributed by atoms with E-state index in [2.05, 4.69) is 13.8 Å². The van der Waals surface area contributed by atoms with E-state index in [0.717, 1.165) is 31.2 Å². The quantitative estimate of drug-likeness (QED) is 0.649. The summed E-state index contributed by atoms with van der Waals surface area (Å²) in [7, 11) is -3.46. The Bertz CT molecular complexity index is 440. The van der Waals surface area contributed by atoms with Gasteiger partial charge in [-0.1, -0.05) is 63.4 Å². The van der Waals surface area contributed by atoms with E-state index in [1.54, 1.807) is 12.1 Å². The van der Waals surface area contributed by atoms with E-state index in [4.69, 9.17) is 4.18 Å². The third-order valence-electron chi connectivity index (χ3n) is 3.21. The van der Waals surface area contributed by atoms with E-state index < -0.39 is 10.1 Å². The first kappa shape index (κ1) is 16.2. The van der Waals surface area contributed by atoms with Crippen LogP contribution in [0.2, 0.25) is 0 Å². The summed E-state index contributed by atoms with van der Waals surface area (Å²) in [6.45, 7) is 4.53. The average Bonchev–Trinajstić information content (AvgIpc) is 2.39. The molecule has 19 heavy (non-hydrogen) atoms. The van der Waals surface area contributed by atoms with Gasteiger partial charge in [-0.25, -0.2) is 0 Å². The van der Waals surface area contributed by atoms with Gasteiger partial charge in [-0.2, -0.15) is 8.42 Å². The van der Waals surface area contributed by atoms with Crippen LogP contribution in [-0.2, 0) is 20.1 Å². The fourth-order valence-corrected chi connectivity index (χ4v) is 3.00. The third kappa shape index (κ3) is 6.73. The summed E-state index contributed by atoms with van der Waals surface area (Å²) in [5.41, 5.74) is 0.768. The molecule has 0 N–H and O–H groups in total. The first-order valence-electron chi connectivity index (χ1n) is 6.98. The normalized spacial score (nSPS) is 13.4. The van der Waals surface area contributed by atoms with Crippen molar-refractivity contribution in [3.05, 3.63) is 35.9 Å². The van der Waals surface area contributed by atoms with Crippen LogP contribution < -0.4 is 0 Å². The molecule has 1 aromatic rings. The highest BCUT2D eigenvalue weighted by Crippen LogP contribution is 2.15. The fraction of sp³-hybridized carbons (Fsp3) is 0.600. The van der Waals surface area contributed by atoms with Gasteiger partial charge in [0.1, 0.15) is 5.75 Å². The zero-order valence-electron chi connectivity index (χ0n) is 11.8. The van der Waals surface area contributed by atoms with Gasteiger partial charge in [-0.15, -0.1) is 0 Å². The molecule has 0 spiro atoms. The number of rotatable bonds is 9. The highest BCUT2D eigenvalue weighted by Gasteiger charge is 2.15. The molecule has 0 aliphatic rings. The Kier molecular flexibility index (Phi) is 7.10. The van der Waals surface area contributed by atoms with E-state index in [9.17, 15) is 8.42 Å². The van der Waals surface area contributed by atoms with Gasteiger partial charge in [-0.05, 0) is 17.9 Å². The van der Waals surface area contributed by atoms with Gasteiger partial charge in [0.15, 0.2) is 0 Å². The van der Waals surface area contributed by atoms with Crippen LogP contribution in [0.15, 0.2) is 30.3 Å². The van der Waals surface area contributed by atoms with Crippen molar-refractivity contribution in [1.82, 2.24) is 0 Å². The maximum atomic E-state index is 11.9. The molecule has 0 fully saturated rings. The van der Waals surface area contributed by atoms with Gasteiger partial charge in [0.05, 0.1) is 6.61 Å². The molecule has 1 aromatic carbocycles. The van der Waals surface area contributed by atoms with E-state index >= 15 is 0 Å². The molecule has 0 saturated heterocycles. The van der Waals surface area contributed by atoms with Crippen LogP contribution in [0.25, 0.3) is 0 Å². The molecule has 1 atom stereocenters. The maximum Gasteiger partial charge on any atom is 0.271 e. The number of hydrogen-bond acceptors (Lipinski definition) is 3. The molecule has 0 aliphatic carbocycles. The van der Waals surface area contributed by atoms with Gasteiger partial charge in [-0.3, -0.25) is 4.18 Å². The van der Waals surface area contributed by atoms with E-state index in [1.165, 1.54) is 0 Å². The summed E-state index contributed by atoms with van der Waals surface area (Å²) in [6.07, 6.45) is 4.25. The van der Waals surface area contributed by atoms with Crippen LogP contribution in [0.4, 0.5) is 0 Å². The Morgan fingerprint density at radius 2 is 1.84 bits per heavy atom. The van der Waals surface area contributed by atoms with E-state index in [1.807, 2.05) is 18.2 Å². The molecule has 0 radical (unpaired) electrons. The predicted molar refractivity (Wildman–Crippen MR) is 78.3 cm³/mol. The first-order valence-corrected chi connectivity index (χ1v) is 8.56. The molecule has 0 amide bonds. The zero-order chi connectivity index (χ0) is 14.1. The molecule has 108 valence electrons. The molecule has 0 aliphatic heterocycles. The zero-order valence-corrected chi connectivity index (χ0v) is 12.7. The second-order valence-electron chi connectivity index (χ2n) is 4.89. The Hall–Kier alpha value is -0.870. The lowest BCUT2D eigenvalue weighted by atomic mass is 10.0. The predicted octanol–water partition coefficient (Wildman–Crippen LogP) is 3.75. The van der Waals surface area contributed by atoms with Crippen molar-refractivity contribution < 1.29 is 12.6 Å². The topological polar surface area (TPSA) is 43.4 Å². The molecule has 0 bridgehead atoms. The van der Waals surface area contributed by atoms with Crippen LogP contribution in [0.5, 0.6) is 0 Å². The van der Waals surface area contributed by atoms with Crippen molar-refractivity contribution in [2.24, 2.45) is 5.92 Å². The molecule has 4 heteroatoms. The Morgan fingerprint density at radius 3 is 2.42 bits per heavy atom. The summed E-state index contributed by atoms with van der Waals surface area (Å²) >= 11 is 0. The van der Waals surface area contributed by atoms with Crippen LogP contribution in [-0.4, -0.2) is 15.0 Å². The summed E-state index contributed by atoms with van der Waals surface area (Å²) in [4.78, 5) is 0. The van der Waals surface area contributed by atoms with Crippen molar-refractivity contribution in [3.8, 4) is 0 Å². The maximum absolute atomic E-state index is 11.9. The summed E-state index contributed by atoms with van der Waals surface area (Å²) < 4.78 is 28.9. The Balaban J connectivity index is 2.46. The highest BCUT2D eigenvalue weighted by molar-refractivity contribution is 7.85. The van der Waals surface area contributed by atoms with Crippen molar-refractivity contribution >= 4 is 10.1 Å². The summed E-state index contributed by atoms with van der Waals surface area (Å²) in [5, 5.41) is 0. The molecule has 0 aromatic heterocycles. The second kappa shape index (κ2) is 8.33. The smallest absolute Gasteiger partial charge is 0.270 e. The fourth-order valence-electron chi connectivity index (χ4n) is 1.92. The first-order chi connectivity index (χ1) is 9.07. The van der Waals surface area contributed by atoms with Crippen LogP contribution in [0, 0.1) is 5.92 Å². The number of benzene rings is 1. The second-order valence-corrected chi connectivity index (χ2v) is 6.53. The van der Waals surface area contributed by atoms with Crippen LogP contribution in [0.3, 0.4) is 0 Å². The van der Waals surface area contributed by atoms with Gasteiger partial charge >= 0.3 is 0 Å². The van der Waals surface area contributed by atoms with Gasteiger partial charge in [0.2, 0.25) is 0 Å². The minimum absolute atomic E-state index is 0.0436. The van der Waals surface area contributed by atoms with Crippen LogP contribution >= 0.6 is 0 Å². The van der Waals surface area contributed by atoms with Crippen molar-refractivity contribution in [1.29, 1.82) is 0 Å².